The molecule has 0 saturated carbocycles. The fourth-order valence-electron chi connectivity index (χ4n) is 1.85. The minimum absolute atomic E-state index is 0.267. The highest BCUT2D eigenvalue weighted by Crippen LogP contribution is 2.20. The molecular weight excluding hydrogens is 214 g/mol. The van der Waals surface area contributed by atoms with Crippen LogP contribution in [0.15, 0.2) is 36.4 Å². The third-order valence-corrected chi connectivity index (χ3v) is 2.82. The summed E-state index contributed by atoms with van der Waals surface area (Å²) >= 11 is 0. The number of anilines is 1. The van der Waals surface area contributed by atoms with Crippen LogP contribution in [0.1, 0.15) is 25.3 Å². The van der Waals surface area contributed by atoms with Gasteiger partial charge in [-0.3, -0.25) is 9.59 Å². The first-order valence-corrected chi connectivity index (χ1v) is 5.87. The van der Waals surface area contributed by atoms with Crippen molar-refractivity contribution in [1.29, 1.82) is 0 Å². The van der Waals surface area contributed by atoms with Crippen LogP contribution in [-0.4, -0.2) is 11.8 Å². The molecule has 2 amide bonds. The second kappa shape index (κ2) is 4.95. The molecule has 0 spiro atoms. The van der Waals surface area contributed by atoms with Crippen molar-refractivity contribution < 1.29 is 9.59 Å². The van der Waals surface area contributed by atoms with Crippen LogP contribution >= 0.6 is 0 Å². The van der Waals surface area contributed by atoms with Crippen LogP contribution in [0.5, 0.6) is 0 Å². The molecule has 0 aliphatic carbocycles. The number of amides is 2. The first-order chi connectivity index (χ1) is 8.22. The minimum Gasteiger partial charge on any atom is -0.269 e. The van der Waals surface area contributed by atoms with Crippen molar-refractivity contribution in [1.82, 2.24) is 0 Å². The molecule has 17 heavy (non-hydrogen) atoms. The van der Waals surface area contributed by atoms with Gasteiger partial charge in [0.25, 0.3) is 11.8 Å². The molecule has 88 valence electrons. The van der Waals surface area contributed by atoms with Crippen LogP contribution in [0.3, 0.4) is 0 Å². The van der Waals surface area contributed by atoms with Crippen LogP contribution in [0.2, 0.25) is 0 Å². The Morgan fingerprint density at radius 2 is 1.59 bits per heavy atom. The maximum Gasteiger partial charge on any atom is 0.258 e. The van der Waals surface area contributed by atoms with Crippen LogP contribution in [-0.2, 0) is 16.0 Å². The first kappa shape index (κ1) is 11.6. The maximum absolute atomic E-state index is 11.5. The van der Waals surface area contributed by atoms with Gasteiger partial charge in [-0.25, -0.2) is 4.90 Å². The monoisotopic (exact) mass is 229 g/mol. The van der Waals surface area contributed by atoms with Crippen LogP contribution in [0.4, 0.5) is 5.69 Å². The Balaban J connectivity index is 2.13. The van der Waals surface area contributed by atoms with Gasteiger partial charge in [-0.2, -0.15) is 0 Å². The summed E-state index contributed by atoms with van der Waals surface area (Å²) in [7, 11) is 0. The highest BCUT2D eigenvalue weighted by atomic mass is 16.2. The Bertz CT molecular complexity index is 442. The third-order valence-electron chi connectivity index (χ3n) is 2.82. The Morgan fingerprint density at radius 1 is 1.00 bits per heavy atom. The van der Waals surface area contributed by atoms with Gasteiger partial charge < -0.3 is 0 Å². The predicted octanol–water partition coefficient (Wildman–Crippen LogP) is 2.46. The van der Waals surface area contributed by atoms with E-state index in [0.29, 0.717) is 5.69 Å². The number of nitrogens with zero attached hydrogens (tertiary/aromatic N) is 1. The lowest BCUT2D eigenvalue weighted by atomic mass is 10.1. The highest BCUT2D eigenvalue weighted by molar-refractivity contribution is 6.28. The van der Waals surface area contributed by atoms with E-state index in [2.05, 4.69) is 6.92 Å². The average molecular weight is 229 g/mol. The number of hydrogen-bond acceptors (Lipinski definition) is 2. The summed E-state index contributed by atoms with van der Waals surface area (Å²) in [6.45, 7) is 2.15. The van der Waals surface area contributed by atoms with E-state index in [1.54, 1.807) is 0 Å². The second-order valence-corrected chi connectivity index (χ2v) is 4.12. The molecule has 0 radical (unpaired) electrons. The summed E-state index contributed by atoms with van der Waals surface area (Å²) < 4.78 is 0. The van der Waals surface area contributed by atoms with Crippen molar-refractivity contribution in [3.05, 3.63) is 42.0 Å². The van der Waals surface area contributed by atoms with Crippen molar-refractivity contribution in [2.24, 2.45) is 0 Å². The van der Waals surface area contributed by atoms with Gasteiger partial charge in [-0.15, -0.1) is 0 Å². The first-order valence-electron chi connectivity index (χ1n) is 5.87. The van der Waals surface area contributed by atoms with E-state index in [1.807, 2.05) is 24.3 Å². The van der Waals surface area contributed by atoms with Gasteiger partial charge in [-0.1, -0.05) is 25.5 Å². The number of benzene rings is 1. The number of rotatable bonds is 4. The molecule has 1 heterocycles. The number of unbranched alkanes of at least 4 members (excludes halogenated alkanes) is 1. The van der Waals surface area contributed by atoms with Crippen molar-refractivity contribution in [2.45, 2.75) is 26.2 Å². The lowest BCUT2D eigenvalue weighted by molar-refractivity contribution is -0.119. The van der Waals surface area contributed by atoms with E-state index in [4.69, 9.17) is 0 Å². The van der Waals surface area contributed by atoms with Crippen LogP contribution < -0.4 is 4.90 Å². The Morgan fingerprint density at radius 3 is 2.12 bits per heavy atom. The fourth-order valence-corrected chi connectivity index (χ4v) is 1.85. The Kier molecular flexibility index (Phi) is 3.38. The van der Waals surface area contributed by atoms with E-state index in [0.717, 1.165) is 19.3 Å². The van der Waals surface area contributed by atoms with Crippen molar-refractivity contribution in [3.63, 3.8) is 0 Å². The van der Waals surface area contributed by atoms with Gasteiger partial charge in [0.1, 0.15) is 0 Å². The molecule has 0 fully saturated rings. The molecule has 3 heteroatoms. The molecule has 0 saturated heterocycles. The maximum atomic E-state index is 11.5. The topological polar surface area (TPSA) is 37.4 Å². The Hall–Kier alpha value is -1.90. The minimum atomic E-state index is -0.267. The molecule has 0 atom stereocenters. The summed E-state index contributed by atoms with van der Waals surface area (Å²) in [5, 5.41) is 0. The number of hydrogen-bond donors (Lipinski definition) is 0. The molecule has 3 nitrogen and oxygen atoms in total. The second-order valence-electron chi connectivity index (χ2n) is 4.12. The van der Waals surface area contributed by atoms with Crippen molar-refractivity contribution in [3.8, 4) is 0 Å². The molecule has 1 aliphatic rings. The SMILES string of the molecule is CCCCc1ccc(N2C(=O)C=CC2=O)cc1. The van der Waals surface area contributed by atoms with E-state index in [9.17, 15) is 9.59 Å². The van der Waals surface area contributed by atoms with Gasteiger partial charge >= 0.3 is 0 Å². The summed E-state index contributed by atoms with van der Waals surface area (Å²) in [5.41, 5.74) is 1.88. The van der Waals surface area contributed by atoms with E-state index >= 15 is 0 Å². The summed E-state index contributed by atoms with van der Waals surface area (Å²) in [6.07, 6.45) is 5.95. The summed E-state index contributed by atoms with van der Waals surface area (Å²) in [6, 6.07) is 7.61. The molecule has 0 N–H and O–H groups in total. The number of carbonyl (C=O) groups excluding carboxylic acids is 2. The third kappa shape index (κ3) is 2.44. The standard InChI is InChI=1S/C14H15NO2/c1-2-3-4-11-5-7-12(8-6-11)15-13(16)9-10-14(15)17/h5-10H,2-4H2,1H3. The van der Waals surface area contributed by atoms with E-state index < -0.39 is 0 Å². The van der Waals surface area contributed by atoms with E-state index in [1.165, 1.54) is 22.6 Å². The molecule has 0 unspecified atom stereocenters. The Labute approximate surface area is 101 Å². The van der Waals surface area contributed by atoms with Crippen molar-refractivity contribution >= 4 is 17.5 Å². The molecule has 0 bridgehead atoms. The van der Waals surface area contributed by atoms with Gasteiger partial charge in [0.2, 0.25) is 0 Å². The number of aryl methyl sites for hydroxylation is 1. The van der Waals surface area contributed by atoms with Gasteiger partial charge in [-0.05, 0) is 30.5 Å². The summed E-state index contributed by atoms with van der Waals surface area (Å²) in [4.78, 5) is 24.1. The number of carbonyl (C=O) groups is 2. The molecule has 1 aromatic rings. The fraction of sp³-hybridized carbons (Fsp3) is 0.286. The molecule has 0 aromatic heterocycles. The number of imide groups is 1. The van der Waals surface area contributed by atoms with Crippen LogP contribution in [0.25, 0.3) is 0 Å². The van der Waals surface area contributed by atoms with Crippen molar-refractivity contribution in [2.75, 3.05) is 4.90 Å². The van der Waals surface area contributed by atoms with E-state index in [-0.39, 0.29) is 11.8 Å². The van der Waals surface area contributed by atoms with Gasteiger partial charge in [0, 0.05) is 12.2 Å². The quantitative estimate of drug-likeness (QED) is 0.744. The van der Waals surface area contributed by atoms with Crippen LogP contribution in [0, 0.1) is 0 Å². The zero-order valence-electron chi connectivity index (χ0n) is 9.85. The lowest BCUT2D eigenvalue weighted by Gasteiger charge is -2.14. The lowest BCUT2D eigenvalue weighted by Crippen LogP contribution is -2.29. The van der Waals surface area contributed by atoms with Gasteiger partial charge in [0.15, 0.2) is 0 Å². The normalized spacial score (nSPS) is 14.8. The molecular formula is C14H15NO2. The zero-order valence-corrected chi connectivity index (χ0v) is 9.85. The molecule has 1 aliphatic heterocycles. The molecule has 2 rings (SSSR count). The largest absolute Gasteiger partial charge is 0.269 e. The molecule has 1 aromatic carbocycles. The highest BCUT2D eigenvalue weighted by Gasteiger charge is 2.24. The average Bonchev–Trinajstić information content (AvgIpc) is 2.67. The van der Waals surface area contributed by atoms with Gasteiger partial charge in [0.05, 0.1) is 5.69 Å². The zero-order chi connectivity index (χ0) is 12.3. The predicted molar refractivity (Wildman–Crippen MR) is 66.7 cm³/mol. The smallest absolute Gasteiger partial charge is 0.258 e. The summed E-state index contributed by atoms with van der Waals surface area (Å²) in [5.74, 6) is -0.535.